The lowest BCUT2D eigenvalue weighted by Gasteiger charge is -2.29. The molecule has 0 saturated heterocycles. The molecule has 2 N–H and O–H groups in total. The highest BCUT2D eigenvalue weighted by atomic mass is 16.3. The average Bonchev–Trinajstić information content (AvgIpc) is 2.43. The van der Waals surface area contributed by atoms with Crippen molar-refractivity contribution >= 4 is 28.3 Å². The van der Waals surface area contributed by atoms with Crippen LogP contribution in [-0.4, -0.2) is 23.0 Å². The number of hydrogen-bond acceptors (Lipinski definition) is 3. The van der Waals surface area contributed by atoms with Crippen LogP contribution < -0.4 is 5.32 Å². The Morgan fingerprint density at radius 3 is 2.71 bits per heavy atom. The van der Waals surface area contributed by atoms with E-state index in [4.69, 9.17) is 5.11 Å². The van der Waals surface area contributed by atoms with Gasteiger partial charge in [0.2, 0.25) is 0 Å². The summed E-state index contributed by atoms with van der Waals surface area (Å²) in [5.74, 6) is 0.0293. The molecule has 0 radical (unpaired) electrons. The number of rotatable bonds is 4. The maximum Gasteiger partial charge on any atom is 0.188 e. The molecular weight excluding hydrogens is 262 g/mol. The van der Waals surface area contributed by atoms with E-state index in [-0.39, 0.29) is 17.9 Å². The van der Waals surface area contributed by atoms with E-state index in [9.17, 15) is 4.79 Å². The number of hydrogen-bond donors (Lipinski definition) is 2. The van der Waals surface area contributed by atoms with Crippen LogP contribution in [-0.2, 0) is 0 Å². The lowest BCUT2D eigenvalue weighted by atomic mass is 9.90. The Labute approximate surface area is 124 Å². The summed E-state index contributed by atoms with van der Waals surface area (Å²) in [6.07, 6.45) is 4.12. The van der Waals surface area contributed by atoms with Crippen molar-refractivity contribution in [3.05, 3.63) is 47.5 Å². The number of allylic oxidation sites excluding steroid dienone is 1. The fourth-order valence-electron chi connectivity index (χ4n) is 2.86. The van der Waals surface area contributed by atoms with Crippen LogP contribution in [0, 0.1) is 0 Å². The molecule has 2 aromatic carbocycles. The number of benzene rings is 2. The van der Waals surface area contributed by atoms with Gasteiger partial charge in [-0.25, -0.2) is 0 Å². The van der Waals surface area contributed by atoms with E-state index in [1.54, 1.807) is 6.08 Å². The van der Waals surface area contributed by atoms with Gasteiger partial charge in [-0.3, -0.25) is 4.79 Å². The Morgan fingerprint density at radius 1 is 1.14 bits per heavy atom. The lowest BCUT2D eigenvalue weighted by molar-refractivity contribution is 0.104. The third kappa shape index (κ3) is 2.45. The van der Waals surface area contributed by atoms with E-state index < -0.39 is 0 Å². The predicted octanol–water partition coefficient (Wildman–Crippen LogP) is 3.62. The zero-order chi connectivity index (χ0) is 15.0. The van der Waals surface area contributed by atoms with Crippen LogP contribution in [0.2, 0.25) is 0 Å². The summed E-state index contributed by atoms with van der Waals surface area (Å²) in [4.78, 5) is 12.4. The molecule has 0 bridgehead atoms. The summed E-state index contributed by atoms with van der Waals surface area (Å²) in [5, 5.41) is 14.7. The molecule has 3 heteroatoms. The van der Waals surface area contributed by atoms with Gasteiger partial charge >= 0.3 is 0 Å². The highest BCUT2D eigenvalue weighted by Gasteiger charge is 2.23. The molecule has 21 heavy (non-hydrogen) atoms. The average molecular weight is 281 g/mol. The number of carbonyl (C=O) groups excluding carboxylic acids is 1. The fraction of sp³-hybridized carbons (Fsp3) is 0.278. The predicted molar refractivity (Wildman–Crippen MR) is 86.7 cm³/mol. The number of ketones is 1. The van der Waals surface area contributed by atoms with Gasteiger partial charge in [-0.1, -0.05) is 30.3 Å². The first-order chi connectivity index (χ1) is 10.0. The summed E-state index contributed by atoms with van der Waals surface area (Å²) in [6.45, 7) is 4.16. The Balaban J connectivity index is 2.17. The van der Waals surface area contributed by atoms with Gasteiger partial charge in [0.15, 0.2) is 5.78 Å². The first-order valence-corrected chi connectivity index (χ1v) is 7.19. The van der Waals surface area contributed by atoms with Crippen LogP contribution in [0.5, 0.6) is 0 Å². The van der Waals surface area contributed by atoms with Gasteiger partial charge in [-0.2, -0.15) is 0 Å². The molecule has 0 fully saturated rings. The topological polar surface area (TPSA) is 49.3 Å². The third-order valence-corrected chi connectivity index (χ3v) is 3.95. The molecule has 0 unspecified atom stereocenters. The third-order valence-electron chi connectivity index (χ3n) is 3.95. The van der Waals surface area contributed by atoms with E-state index >= 15 is 0 Å². The zero-order valence-electron chi connectivity index (χ0n) is 12.3. The highest BCUT2D eigenvalue weighted by molar-refractivity contribution is 6.23. The molecule has 108 valence electrons. The summed E-state index contributed by atoms with van der Waals surface area (Å²) < 4.78 is 0. The van der Waals surface area contributed by atoms with Gasteiger partial charge in [0.25, 0.3) is 0 Å². The smallest absolute Gasteiger partial charge is 0.188 e. The second-order valence-electron chi connectivity index (χ2n) is 6.11. The van der Waals surface area contributed by atoms with Crippen LogP contribution in [0.1, 0.15) is 36.2 Å². The molecule has 0 amide bonds. The molecule has 0 aliphatic heterocycles. The van der Waals surface area contributed by atoms with Crippen molar-refractivity contribution in [1.82, 2.24) is 0 Å². The molecular formula is C18H19NO2. The standard InChI is InChI=1S/C18H19NO2/c1-18(2,10-11-20)19-14-8-6-12-4-3-5-13-7-9-15(21)17(14)16(12)13/h3-9,19-20H,10-11H2,1-2H3. The van der Waals surface area contributed by atoms with E-state index in [2.05, 4.69) is 5.32 Å². The largest absolute Gasteiger partial charge is 0.396 e. The SMILES string of the molecule is CC(C)(CCO)Nc1ccc2cccc3c2c1C(=O)C=C3. The normalized spacial score (nSPS) is 13.8. The van der Waals surface area contributed by atoms with Gasteiger partial charge in [-0.15, -0.1) is 0 Å². The van der Waals surface area contributed by atoms with Crippen LogP contribution >= 0.6 is 0 Å². The molecule has 2 aromatic rings. The van der Waals surface area contributed by atoms with Crippen LogP contribution in [0.3, 0.4) is 0 Å². The summed E-state index contributed by atoms with van der Waals surface area (Å²) in [7, 11) is 0. The van der Waals surface area contributed by atoms with Crippen LogP contribution in [0.25, 0.3) is 16.8 Å². The molecule has 3 nitrogen and oxygen atoms in total. The van der Waals surface area contributed by atoms with Crippen LogP contribution in [0.4, 0.5) is 5.69 Å². The molecule has 0 atom stereocenters. The molecule has 0 aromatic heterocycles. The minimum absolute atomic E-state index is 0.0293. The van der Waals surface area contributed by atoms with Crippen molar-refractivity contribution in [2.24, 2.45) is 0 Å². The van der Waals surface area contributed by atoms with Crippen molar-refractivity contribution < 1.29 is 9.90 Å². The van der Waals surface area contributed by atoms with Crippen molar-refractivity contribution in [1.29, 1.82) is 0 Å². The van der Waals surface area contributed by atoms with E-state index in [0.717, 1.165) is 27.6 Å². The van der Waals surface area contributed by atoms with Crippen molar-refractivity contribution in [3.8, 4) is 0 Å². The Bertz CT molecular complexity index is 744. The Morgan fingerprint density at radius 2 is 1.95 bits per heavy atom. The summed E-state index contributed by atoms with van der Waals surface area (Å²) in [6, 6.07) is 10.0. The summed E-state index contributed by atoms with van der Waals surface area (Å²) >= 11 is 0. The Hall–Kier alpha value is -2.13. The fourth-order valence-corrected chi connectivity index (χ4v) is 2.86. The van der Waals surface area contributed by atoms with E-state index in [1.807, 2.05) is 50.3 Å². The zero-order valence-corrected chi connectivity index (χ0v) is 12.3. The molecule has 1 aliphatic carbocycles. The second-order valence-corrected chi connectivity index (χ2v) is 6.11. The lowest BCUT2D eigenvalue weighted by Crippen LogP contribution is -2.32. The maximum absolute atomic E-state index is 12.4. The molecule has 3 rings (SSSR count). The number of aliphatic hydroxyl groups is 1. The Kier molecular flexibility index (Phi) is 3.30. The number of aliphatic hydroxyl groups excluding tert-OH is 1. The molecule has 0 saturated carbocycles. The maximum atomic E-state index is 12.4. The minimum atomic E-state index is -0.269. The monoisotopic (exact) mass is 281 g/mol. The van der Waals surface area contributed by atoms with Gasteiger partial charge in [0, 0.05) is 23.2 Å². The number of carbonyl (C=O) groups is 1. The van der Waals surface area contributed by atoms with Crippen molar-refractivity contribution in [2.45, 2.75) is 25.8 Å². The van der Waals surface area contributed by atoms with Gasteiger partial charge < -0.3 is 10.4 Å². The molecule has 0 heterocycles. The summed E-state index contributed by atoms with van der Waals surface area (Å²) in [5.41, 5.74) is 2.38. The van der Waals surface area contributed by atoms with Crippen LogP contribution in [0.15, 0.2) is 36.4 Å². The second kappa shape index (κ2) is 5.01. The van der Waals surface area contributed by atoms with E-state index in [1.165, 1.54) is 0 Å². The van der Waals surface area contributed by atoms with Gasteiger partial charge in [-0.05, 0) is 43.4 Å². The van der Waals surface area contributed by atoms with Crippen molar-refractivity contribution in [3.63, 3.8) is 0 Å². The molecule has 0 spiro atoms. The number of nitrogens with one attached hydrogen (secondary N) is 1. The first kappa shape index (κ1) is 13.8. The van der Waals surface area contributed by atoms with E-state index in [0.29, 0.717) is 6.42 Å². The molecule has 1 aliphatic rings. The minimum Gasteiger partial charge on any atom is -0.396 e. The van der Waals surface area contributed by atoms with Gasteiger partial charge in [0.1, 0.15) is 0 Å². The van der Waals surface area contributed by atoms with Crippen molar-refractivity contribution in [2.75, 3.05) is 11.9 Å². The quantitative estimate of drug-likeness (QED) is 0.900. The number of anilines is 1. The van der Waals surface area contributed by atoms with Gasteiger partial charge in [0.05, 0.1) is 5.56 Å². The highest BCUT2D eigenvalue weighted by Crippen LogP contribution is 2.34. The first-order valence-electron chi connectivity index (χ1n) is 7.19.